The van der Waals surface area contributed by atoms with Crippen LogP contribution in [0.3, 0.4) is 0 Å². The van der Waals surface area contributed by atoms with Gasteiger partial charge in [-0.1, -0.05) is 0 Å². The number of nitrogens with one attached hydrogen (secondary N) is 2. The lowest BCUT2D eigenvalue weighted by Crippen LogP contribution is -2.23. The molecule has 0 saturated heterocycles. The number of aryl methyl sites for hydroxylation is 2. The molecule has 0 bridgehead atoms. The van der Waals surface area contributed by atoms with Crippen LogP contribution >= 0.6 is 0 Å². The van der Waals surface area contributed by atoms with E-state index in [-0.39, 0.29) is 10.9 Å². The zero-order valence-electron chi connectivity index (χ0n) is 13.6. The first-order chi connectivity index (χ1) is 11.7. The quantitative estimate of drug-likeness (QED) is 0.625. The number of rotatable bonds is 0. The van der Waals surface area contributed by atoms with Crippen molar-refractivity contribution in [3.8, 4) is 0 Å². The molecule has 0 radical (unpaired) electrons. The zero-order chi connectivity index (χ0) is 16.3. The van der Waals surface area contributed by atoms with Gasteiger partial charge in [-0.15, -0.1) is 0 Å². The molecule has 0 aliphatic heterocycles. The molecule has 4 heteroatoms. The molecule has 0 atom stereocenters. The fourth-order valence-electron chi connectivity index (χ4n) is 4.50. The number of pyridine rings is 2. The van der Waals surface area contributed by atoms with Crippen molar-refractivity contribution in [2.75, 3.05) is 0 Å². The van der Waals surface area contributed by atoms with Crippen molar-refractivity contribution in [2.24, 2.45) is 0 Å². The van der Waals surface area contributed by atoms with E-state index in [0.717, 1.165) is 84.9 Å². The van der Waals surface area contributed by atoms with Crippen molar-refractivity contribution < 1.29 is 0 Å². The number of aromatic nitrogens is 2. The first-order valence-electron chi connectivity index (χ1n) is 8.98. The Morgan fingerprint density at radius 2 is 1.04 bits per heavy atom. The summed E-state index contributed by atoms with van der Waals surface area (Å²) in [5.41, 5.74) is 5.62. The smallest absolute Gasteiger partial charge is 0.193 e. The Balaban J connectivity index is 1.97. The molecule has 2 aliphatic rings. The van der Waals surface area contributed by atoms with E-state index in [0.29, 0.717) is 10.8 Å². The minimum Gasteiger partial charge on any atom is -0.358 e. The fourth-order valence-corrected chi connectivity index (χ4v) is 4.50. The highest BCUT2D eigenvalue weighted by atomic mass is 16.1. The van der Waals surface area contributed by atoms with Gasteiger partial charge in [0.05, 0.1) is 21.8 Å². The van der Waals surface area contributed by atoms with Crippen LogP contribution in [0.15, 0.2) is 21.7 Å². The van der Waals surface area contributed by atoms with Crippen LogP contribution in [-0.2, 0) is 25.7 Å². The van der Waals surface area contributed by atoms with Gasteiger partial charge in [0.1, 0.15) is 0 Å². The Labute approximate surface area is 138 Å². The fraction of sp³-hybridized carbons (Fsp3) is 0.400. The molecule has 122 valence electrons. The van der Waals surface area contributed by atoms with Gasteiger partial charge < -0.3 is 9.97 Å². The van der Waals surface area contributed by atoms with Crippen molar-refractivity contribution >= 4 is 21.8 Å². The molecule has 4 nitrogen and oxygen atoms in total. The van der Waals surface area contributed by atoms with Crippen LogP contribution in [0, 0.1) is 0 Å². The van der Waals surface area contributed by atoms with Crippen LogP contribution in [0.1, 0.15) is 48.2 Å². The van der Waals surface area contributed by atoms with E-state index in [2.05, 4.69) is 9.97 Å². The third-order valence-electron chi connectivity index (χ3n) is 5.71. The summed E-state index contributed by atoms with van der Waals surface area (Å²) in [5, 5.41) is 1.17. The maximum absolute atomic E-state index is 13.1. The lowest BCUT2D eigenvalue weighted by Gasteiger charge is -2.18. The summed E-state index contributed by atoms with van der Waals surface area (Å²) >= 11 is 0. The molecule has 2 aliphatic carbocycles. The number of aromatic amines is 2. The lowest BCUT2D eigenvalue weighted by molar-refractivity contribution is 0.666. The number of H-pyrrole nitrogens is 2. The standard InChI is InChI=1S/C20H20N2O2/c23-19-11-5-1-3-7-13(11)21-15-9-10-16-18(17(15)19)20(24)12-6-2-4-8-14(12)22-16/h9-10H,1-8H2,(H,21,23)(H,22,24). The highest BCUT2D eigenvalue weighted by Crippen LogP contribution is 2.26. The Kier molecular flexibility index (Phi) is 2.96. The van der Waals surface area contributed by atoms with Gasteiger partial charge >= 0.3 is 0 Å². The van der Waals surface area contributed by atoms with Gasteiger partial charge in [-0.05, 0) is 63.5 Å². The highest BCUT2D eigenvalue weighted by molar-refractivity contribution is 6.05. The molecule has 1 aromatic carbocycles. The van der Waals surface area contributed by atoms with E-state index in [1.807, 2.05) is 12.1 Å². The minimum atomic E-state index is 0.0605. The van der Waals surface area contributed by atoms with Gasteiger partial charge in [-0.25, -0.2) is 0 Å². The second kappa shape index (κ2) is 5.07. The molecule has 2 N–H and O–H groups in total. The van der Waals surface area contributed by atoms with Gasteiger partial charge in [0, 0.05) is 22.5 Å². The van der Waals surface area contributed by atoms with Crippen LogP contribution in [-0.4, -0.2) is 9.97 Å². The summed E-state index contributed by atoms with van der Waals surface area (Å²) in [7, 11) is 0. The predicted molar refractivity (Wildman–Crippen MR) is 96.0 cm³/mol. The van der Waals surface area contributed by atoms with Gasteiger partial charge in [-0.2, -0.15) is 0 Å². The minimum absolute atomic E-state index is 0.0605. The van der Waals surface area contributed by atoms with E-state index in [9.17, 15) is 9.59 Å². The molecule has 24 heavy (non-hydrogen) atoms. The molecule has 0 saturated carbocycles. The van der Waals surface area contributed by atoms with Crippen LogP contribution in [0.5, 0.6) is 0 Å². The average Bonchev–Trinajstić information content (AvgIpc) is 2.62. The van der Waals surface area contributed by atoms with E-state index in [4.69, 9.17) is 0 Å². The van der Waals surface area contributed by atoms with E-state index >= 15 is 0 Å². The third-order valence-corrected chi connectivity index (χ3v) is 5.71. The summed E-state index contributed by atoms with van der Waals surface area (Å²) in [6.45, 7) is 0. The second-order valence-corrected chi connectivity index (χ2v) is 7.15. The van der Waals surface area contributed by atoms with Crippen molar-refractivity contribution in [1.82, 2.24) is 9.97 Å². The van der Waals surface area contributed by atoms with Gasteiger partial charge in [-0.3, -0.25) is 9.59 Å². The van der Waals surface area contributed by atoms with Crippen molar-refractivity contribution in [3.63, 3.8) is 0 Å². The predicted octanol–water partition coefficient (Wildman–Crippen LogP) is 3.13. The third kappa shape index (κ3) is 1.86. The lowest BCUT2D eigenvalue weighted by atomic mass is 9.91. The summed E-state index contributed by atoms with van der Waals surface area (Å²) in [4.78, 5) is 33.1. The molecular formula is C20H20N2O2. The van der Waals surface area contributed by atoms with Gasteiger partial charge in [0.25, 0.3) is 0 Å². The van der Waals surface area contributed by atoms with Crippen LogP contribution < -0.4 is 10.9 Å². The molecule has 0 amide bonds. The molecule has 2 aromatic heterocycles. The summed E-state index contributed by atoms with van der Waals surface area (Å²) in [6, 6.07) is 3.89. The Bertz CT molecular complexity index is 1020. The SMILES string of the molecule is O=c1c2c([nH]c3ccc4[nH]c5c(c(=O)c4c13)CCCC5)CCCC2. The zero-order valence-corrected chi connectivity index (χ0v) is 13.6. The molecular weight excluding hydrogens is 300 g/mol. The molecule has 3 aromatic rings. The number of hydrogen-bond acceptors (Lipinski definition) is 2. The van der Waals surface area contributed by atoms with Crippen LogP contribution in [0.4, 0.5) is 0 Å². The maximum atomic E-state index is 13.1. The summed E-state index contributed by atoms with van der Waals surface area (Å²) < 4.78 is 0. The molecule has 0 unspecified atom stereocenters. The average molecular weight is 320 g/mol. The van der Waals surface area contributed by atoms with Crippen molar-refractivity contribution in [1.29, 1.82) is 0 Å². The van der Waals surface area contributed by atoms with Crippen LogP contribution in [0.25, 0.3) is 21.8 Å². The van der Waals surface area contributed by atoms with E-state index in [1.54, 1.807) is 0 Å². The summed E-state index contributed by atoms with van der Waals surface area (Å²) in [5.74, 6) is 0. The number of hydrogen-bond donors (Lipinski definition) is 2. The first-order valence-corrected chi connectivity index (χ1v) is 8.98. The first kappa shape index (κ1) is 14.0. The van der Waals surface area contributed by atoms with Crippen molar-refractivity contribution in [2.45, 2.75) is 51.4 Å². The van der Waals surface area contributed by atoms with Gasteiger partial charge in [0.2, 0.25) is 0 Å². The second-order valence-electron chi connectivity index (χ2n) is 7.15. The topological polar surface area (TPSA) is 65.7 Å². The Morgan fingerprint density at radius 3 is 1.50 bits per heavy atom. The molecule has 0 fully saturated rings. The van der Waals surface area contributed by atoms with Crippen LogP contribution in [0.2, 0.25) is 0 Å². The number of fused-ring (bicyclic) bond motifs is 5. The normalized spacial score (nSPS) is 17.0. The molecule has 0 spiro atoms. The number of benzene rings is 1. The monoisotopic (exact) mass is 320 g/mol. The maximum Gasteiger partial charge on any atom is 0.193 e. The van der Waals surface area contributed by atoms with Crippen molar-refractivity contribution in [3.05, 3.63) is 55.1 Å². The summed E-state index contributed by atoms with van der Waals surface area (Å²) in [6.07, 6.45) is 7.85. The Hall–Kier alpha value is -2.36. The van der Waals surface area contributed by atoms with E-state index < -0.39 is 0 Å². The molecule has 2 heterocycles. The highest BCUT2D eigenvalue weighted by Gasteiger charge is 2.21. The van der Waals surface area contributed by atoms with Gasteiger partial charge in [0.15, 0.2) is 10.9 Å². The van der Waals surface area contributed by atoms with E-state index in [1.165, 1.54) is 0 Å². The Morgan fingerprint density at radius 1 is 0.625 bits per heavy atom. The largest absolute Gasteiger partial charge is 0.358 e. The molecule has 5 rings (SSSR count).